The van der Waals surface area contributed by atoms with Gasteiger partial charge < -0.3 is 9.84 Å². The Labute approximate surface area is 87.2 Å². The van der Waals surface area contributed by atoms with E-state index in [1.807, 2.05) is 0 Å². The standard InChI is InChI=1S/C9H11FO4S/c1-14-7-2-4-8(5-3-7)15(12,13)9(10)6-11/h2-5,9,11H,6H2,1H3. The van der Waals surface area contributed by atoms with Gasteiger partial charge in [-0.3, -0.25) is 0 Å². The first-order valence-electron chi connectivity index (χ1n) is 4.15. The van der Waals surface area contributed by atoms with Crippen LogP contribution in [0.3, 0.4) is 0 Å². The average Bonchev–Trinajstić information content (AvgIpc) is 2.28. The van der Waals surface area contributed by atoms with Crippen molar-refractivity contribution >= 4 is 9.84 Å². The molecule has 15 heavy (non-hydrogen) atoms. The molecule has 0 aromatic heterocycles. The van der Waals surface area contributed by atoms with E-state index in [9.17, 15) is 12.8 Å². The highest BCUT2D eigenvalue weighted by molar-refractivity contribution is 7.92. The van der Waals surface area contributed by atoms with Crippen LogP contribution in [0, 0.1) is 0 Å². The number of hydrogen-bond acceptors (Lipinski definition) is 4. The van der Waals surface area contributed by atoms with Crippen molar-refractivity contribution in [1.82, 2.24) is 0 Å². The molecule has 1 rings (SSSR count). The number of aliphatic hydroxyl groups is 1. The SMILES string of the molecule is COc1ccc(S(=O)(=O)C(F)CO)cc1. The van der Waals surface area contributed by atoms with Gasteiger partial charge in [-0.05, 0) is 24.3 Å². The number of aliphatic hydroxyl groups excluding tert-OH is 1. The predicted molar refractivity (Wildman–Crippen MR) is 52.2 cm³/mol. The summed E-state index contributed by atoms with van der Waals surface area (Å²) in [5.74, 6) is 0.480. The zero-order chi connectivity index (χ0) is 11.5. The Morgan fingerprint density at radius 2 is 1.93 bits per heavy atom. The van der Waals surface area contributed by atoms with Gasteiger partial charge in [-0.25, -0.2) is 12.8 Å². The number of methoxy groups -OCH3 is 1. The highest BCUT2D eigenvalue weighted by Crippen LogP contribution is 2.20. The molecule has 0 saturated heterocycles. The molecular weight excluding hydrogens is 223 g/mol. The smallest absolute Gasteiger partial charge is 0.228 e. The summed E-state index contributed by atoms with van der Waals surface area (Å²) >= 11 is 0. The molecule has 0 bridgehead atoms. The van der Waals surface area contributed by atoms with E-state index in [-0.39, 0.29) is 4.90 Å². The van der Waals surface area contributed by atoms with Crippen molar-refractivity contribution < 1.29 is 22.7 Å². The highest BCUT2D eigenvalue weighted by atomic mass is 32.2. The van der Waals surface area contributed by atoms with Gasteiger partial charge in [0.25, 0.3) is 0 Å². The summed E-state index contributed by atoms with van der Waals surface area (Å²) in [6, 6.07) is 5.29. The number of halogens is 1. The monoisotopic (exact) mass is 234 g/mol. The average molecular weight is 234 g/mol. The van der Waals surface area contributed by atoms with Gasteiger partial charge in [0.1, 0.15) is 5.75 Å². The number of rotatable bonds is 4. The summed E-state index contributed by atoms with van der Waals surface area (Å²) < 4.78 is 40.5. The molecule has 0 saturated carbocycles. The van der Waals surface area contributed by atoms with Gasteiger partial charge in [-0.1, -0.05) is 0 Å². The van der Waals surface area contributed by atoms with Gasteiger partial charge in [0.05, 0.1) is 18.6 Å². The van der Waals surface area contributed by atoms with E-state index in [0.717, 1.165) is 0 Å². The van der Waals surface area contributed by atoms with Crippen LogP contribution in [0.4, 0.5) is 4.39 Å². The molecule has 1 atom stereocenters. The largest absolute Gasteiger partial charge is 0.497 e. The third-order valence-electron chi connectivity index (χ3n) is 1.87. The van der Waals surface area contributed by atoms with Gasteiger partial charge in [-0.2, -0.15) is 0 Å². The van der Waals surface area contributed by atoms with Crippen LogP contribution in [-0.2, 0) is 9.84 Å². The second kappa shape index (κ2) is 4.59. The van der Waals surface area contributed by atoms with Crippen LogP contribution in [-0.4, -0.2) is 32.7 Å². The third kappa shape index (κ3) is 2.45. The fraction of sp³-hybridized carbons (Fsp3) is 0.333. The summed E-state index contributed by atoms with van der Waals surface area (Å²) in [5.41, 5.74) is -2.29. The summed E-state index contributed by atoms with van der Waals surface area (Å²) in [6.45, 7) is -1.05. The molecule has 0 aliphatic carbocycles. The van der Waals surface area contributed by atoms with E-state index in [0.29, 0.717) is 5.75 Å². The van der Waals surface area contributed by atoms with Crippen molar-refractivity contribution in [2.24, 2.45) is 0 Å². The van der Waals surface area contributed by atoms with E-state index in [4.69, 9.17) is 9.84 Å². The van der Waals surface area contributed by atoms with Crippen LogP contribution in [0.1, 0.15) is 0 Å². The molecular formula is C9H11FO4S. The molecule has 4 nitrogen and oxygen atoms in total. The molecule has 6 heteroatoms. The minimum absolute atomic E-state index is 0.176. The van der Waals surface area contributed by atoms with E-state index < -0.39 is 21.9 Å². The highest BCUT2D eigenvalue weighted by Gasteiger charge is 2.26. The normalized spacial score (nSPS) is 13.5. The molecule has 0 aliphatic rings. The Morgan fingerprint density at radius 1 is 1.40 bits per heavy atom. The lowest BCUT2D eigenvalue weighted by Crippen LogP contribution is -2.20. The molecule has 1 aromatic carbocycles. The van der Waals surface area contributed by atoms with Crippen LogP contribution >= 0.6 is 0 Å². The Kier molecular flexibility index (Phi) is 3.65. The van der Waals surface area contributed by atoms with Crippen LogP contribution in [0.5, 0.6) is 5.75 Å². The fourth-order valence-corrected chi connectivity index (χ4v) is 2.02. The molecule has 0 aliphatic heterocycles. The Hall–Kier alpha value is -1.14. The number of sulfone groups is 1. The summed E-state index contributed by atoms with van der Waals surface area (Å²) in [4.78, 5) is -0.176. The second-order valence-electron chi connectivity index (χ2n) is 2.81. The summed E-state index contributed by atoms with van der Waals surface area (Å²) in [5, 5.41) is 8.45. The molecule has 0 spiro atoms. The van der Waals surface area contributed by atoms with E-state index in [2.05, 4.69) is 0 Å². The minimum Gasteiger partial charge on any atom is -0.497 e. The molecule has 1 unspecified atom stereocenters. The summed E-state index contributed by atoms with van der Waals surface area (Å²) in [6.07, 6.45) is 0. The maximum Gasteiger partial charge on any atom is 0.228 e. The first-order chi connectivity index (χ1) is 7.02. The summed E-state index contributed by atoms with van der Waals surface area (Å²) in [7, 11) is -2.65. The van der Waals surface area contributed by atoms with Crippen molar-refractivity contribution in [2.75, 3.05) is 13.7 Å². The topological polar surface area (TPSA) is 63.6 Å². The van der Waals surface area contributed by atoms with Crippen LogP contribution in [0.2, 0.25) is 0 Å². The van der Waals surface area contributed by atoms with E-state index >= 15 is 0 Å². The van der Waals surface area contributed by atoms with Crippen molar-refractivity contribution in [2.45, 2.75) is 10.4 Å². The second-order valence-corrected chi connectivity index (χ2v) is 4.89. The van der Waals surface area contributed by atoms with Crippen LogP contribution < -0.4 is 4.74 Å². The molecule has 84 valence electrons. The van der Waals surface area contributed by atoms with Crippen molar-refractivity contribution in [3.8, 4) is 5.75 Å². The van der Waals surface area contributed by atoms with Crippen LogP contribution in [0.25, 0.3) is 0 Å². The zero-order valence-electron chi connectivity index (χ0n) is 8.05. The minimum atomic E-state index is -4.09. The van der Waals surface area contributed by atoms with Gasteiger partial charge >= 0.3 is 0 Å². The number of benzene rings is 1. The third-order valence-corrected chi connectivity index (χ3v) is 3.62. The van der Waals surface area contributed by atoms with Gasteiger partial charge in [0, 0.05) is 0 Å². The van der Waals surface area contributed by atoms with Crippen molar-refractivity contribution in [1.29, 1.82) is 0 Å². The lowest BCUT2D eigenvalue weighted by atomic mass is 10.3. The van der Waals surface area contributed by atoms with Gasteiger partial charge in [0.15, 0.2) is 0 Å². The van der Waals surface area contributed by atoms with Gasteiger partial charge in [-0.15, -0.1) is 0 Å². The predicted octanol–water partition coefficient (Wildman–Crippen LogP) is 0.757. The molecule has 0 fully saturated rings. The number of hydrogen-bond donors (Lipinski definition) is 1. The molecule has 0 radical (unpaired) electrons. The zero-order valence-corrected chi connectivity index (χ0v) is 8.87. The molecule has 1 aromatic rings. The first-order valence-corrected chi connectivity index (χ1v) is 5.70. The maximum absolute atomic E-state index is 12.9. The van der Waals surface area contributed by atoms with Crippen LogP contribution in [0.15, 0.2) is 29.2 Å². The molecule has 0 heterocycles. The van der Waals surface area contributed by atoms with Gasteiger partial charge in [0.2, 0.25) is 15.3 Å². The van der Waals surface area contributed by atoms with Crippen molar-refractivity contribution in [3.63, 3.8) is 0 Å². The molecule has 1 N–H and O–H groups in total. The lowest BCUT2D eigenvalue weighted by molar-refractivity contribution is 0.226. The fourth-order valence-electron chi connectivity index (χ4n) is 1.01. The number of alkyl halides is 1. The quantitative estimate of drug-likeness (QED) is 0.835. The number of ether oxygens (including phenoxy) is 1. The Morgan fingerprint density at radius 3 is 2.33 bits per heavy atom. The van der Waals surface area contributed by atoms with E-state index in [1.165, 1.54) is 31.4 Å². The Bertz CT molecular complexity index is 412. The molecule has 0 amide bonds. The Balaban J connectivity index is 3.06. The first kappa shape index (κ1) is 11.9. The van der Waals surface area contributed by atoms with Crippen molar-refractivity contribution in [3.05, 3.63) is 24.3 Å². The lowest BCUT2D eigenvalue weighted by Gasteiger charge is -2.07. The maximum atomic E-state index is 12.9. The van der Waals surface area contributed by atoms with E-state index in [1.54, 1.807) is 0 Å².